The Hall–Kier alpha value is -0.860. The van der Waals surface area contributed by atoms with Crippen molar-refractivity contribution in [2.75, 3.05) is 6.61 Å². The fourth-order valence-corrected chi connectivity index (χ4v) is 3.47. The molecule has 0 aromatic heterocycles. The minimum atomic E-state index is -0.0740. The summed E-state index contributed by atoms with van der Waals surface area (Å²) >= 11 is 0. The highest BCUT2D eigenvalue weighted by atomic mass is 16.5. The molecular formula is C24H46O3. The van der Waals surface area contributed by atoms with Crippen molar-refractivity contribution >= 4 is 11.8 Å². The second-order valence-corrected chi connectivity index (χ2v) is 7.90. The second kappa shape index (κ2) is 21.4. The Morgan fingerprint density at radius 3 is 1.30 bits per heavy atom. The summed E-state index contributed by atoms with van der Waals surface area (Å²) in [6.45, 7) is 4.58. The number of hydrogen-bond acceptors (Lipinski definition) is 3. The maximum atomic E-state index is 11.9. The molecule has 0 saturated carbocycles. The van der Waals surface area contributed by atoms with E-state index in [1.54, 1.807) is 0 Å². The zero-order chi connectivity index (χ0) is 20.0. The second-order valence-electron chi connectivity index (χ2n) is 7.90. The van der Waals surface area contributed by atoms with Gasteiger partial charge in [0.15, 0.2) is 0 Å². The van der Waals surface area contributed by atoms with Crippen molar-refractivity contribution < 1.29 is 14.3 Å². The lowest BCUT2D eigenvalue weighted by molar-refractivity contribution is -0.143. The van der Waals surface area contributed by atoms with Gasteiger partial charge in [-0.1, -0.05) is 90.4 Å². The molecule has 0 aliphatic rings. The normalized spacial score (nSPS) is 10.9. The van der Waals surface area contributed by atoms with Crippen LogP contribution < -0.4 is 0 Å². The van der Waals surface area contributed by atoms with Crippen molar-refractivity contribution in [2.45, 2.75) is 136 Å². The fourth-order valence-electron chi connectivity index (χ4n) is 3.47. The molecule has 160 valence electrons. The third-order valence-electron chi connectivity index (χ3n) is 5.20. The van der Waals surface area contributed by atoms with E-state index in [9.17, 15) is 9.59 Å². The van der Waals surface area contributed by atoms with Crippen LogP contribution in [0.3, 0.4) is 0 Å². The molecule has 0 atom stereocenters. The lowest BCUT2D eigenvalue weighted by Crippen LogP contribution is -2.03. The van der Waals surface area contributed by atoms with Crippen molar-refractivity contribution in [1.82, 2.24) is 0 Å². The Bertz CT molecular complexity index is 339. The molecule has 0 aliphatic heterocycles. The van der Waals surface area contributed by atoms with Gasteiger partial charge in [-0.05, 0) is 26.2 Å². The summed E-state index contributed by atoms with van der Waals surface area (Å²) < 4.78 is 4.91. The number of Topliss-reactive ketones (excluding diaryl/α,β-unsaturated/α-hetero) is 1. The minimum Gasteiger partial charge on any atom is -0.466 e. The van der Waals surface area contributed by atoms with E-state index in [0.717, 1.165) is 51.4 Å². The summed E-state index contributed by atoms with van der Waals surface area (Å²) in [7, 11) is 0. The topological polar surface area (TPSA) is 43.4 Å². The SMILES string of the molecule is CCCCCCCCCCCCC(=O)CCCCCCCCC(=O)OCC. The molecule has 3 nitrogen and oxygen atoms in total. The molecule has 0 saturated heterocycles. The highest BCUT2D eigenvalue weighted by molar-refractivity contribution is 5.78. The van der Waals surface area contributed by atoms with Gasteiger partial charge in [-0.2, -0.15) is 0 Å². The van der Waals surface area contributed by atoms with Gasteiger partial charge in [0, 0.05) is 19.3 Å². The van der Waals surface area contributed by atoms with Gasteiger partial charge in [0.1, 0.15) is 5.78 Å². The molecule has 0 aromatic carbocycles. The largest absolute Gasteiger partial charge is 0.466 e. The van der Waals surface area contributed by atoms with E-state index in [-0.39, 0.29) is 5.97 Å². The number of ether oxygens (including phenoxy) is 1. The number of carbonyl (C=O) groups is 2. The summed E-state index contributed by atoms with van der Waals surface area (Å²) in [5.41, 5.74) is 0. The molecule has 0 rings (SSSR count). The Balaban J connectivity index is 3.21. The van der Waals surface area contributed by atoms with Crippen LogP contribution in [0.25, 0.3) is 0 Å². The molecule has 3 heteroatoms. The Kier molecular flexibility index (Phi) is 20.8. The summed E-state index contributed by atoms with van der Waals surface area (Å²) in [6.07, 6.45) is 21.9. The number of esters is 1. The van der Waals surface area contributed by atoms with Crippen LogP contribution in [-0.2, 0) is 14.3 Å². The third kappa shape index (κ3) is 21.3. The summed E-state index contributed by atoms with van der Waals surface area (Å²) in [4.78, 5) is 23.1. The number of ketones is 1. The maximum Gasteiger partial charge on any atom is 0.305 e. The van der Waals surface area contributed by atoms with E-state index in [4.69, 9.17) is 4.74 Å². The molecule has 0 heterocycles. The van der Waals surface area contributed by atoms with Crippen molar-refractivity contribution in [3.05, 3.63) is 0 Å². The zero-order valence-corrected chi connectivity index (χ0v) is 18.4. The van der Waals surface area contributed by atoms with Gasteiger partial charge in [-0.25, -0.2) is 0 Å². The fraction of sp³-hybridized carbons (Fsp3) is 0.917. The number of unbranched alkanes of at least 4 members (excludes halogenated alkanes) is 14. The molecule has 0 aliphatic carbocycles. The lowest BCUT2D eigenvalue weighted by atomic mass is 10.0. The summed E-state index contributed by atoms with van der Waals surface area (Å²) in [6, 6.07) is 0. The lowest BCUT2D eigenvalue weighted by Gasteiger charge is -2.04. The monoisotopic (exact) mass is 382 g/mol. The first-order valence-corrected chi connectivity index (χ1v) is 11.9. The van der Waals surface area contributed by atoms with Crippen molar-refractivity contribution in [2.24, 2.45) is 0 Å². The van der Waals surface area contributed by atoms with E-state index in [2.05, 4.69) is 6.92 Å². The molecular weight excluding hydrogens is 336 g/mol. The Morgan fingerprint density at radius 1 is 0.519 bits per heavy atom. The van der Waals surface area contributed by atoms with Crippen molar-refractivity contribution in [3.8, 4) is 0 Å². The zero-order valence-electron chi connectivity index (χ0n) is 18.4. The first-order valence-electron chi connectivity index (χ1n) is 11.9. The van der Waals surface area contributed by atoms with Crippen molar-refractivity contribution in [3.63, 3.8) is 0 Å². The minimum absolute atomic E-state index is 0.0740. The van der Waals surface area contributed by atoms with Gasteiger partial charge in [-0.3, -0.25) is 9.59 Å². The van der Waals surface area contributed by atoms with E-state index in [1.165, 1.54) is 64.2 Å². The maximum absolute atomic E-state index is 11.9. The molecule has 0 fully saturated rings. The van der Waals surface area contributed by atoms with E-state index < -0.39 is 0 Å². The van der Waals surface area contributed by atoms with Gasteiger partial charge < -0.3 is 4.74 Å². The van der Waals surface area contributed by atoms with Gasteiger partial charge >= 0.3 is 5.97 Å². The van der Waals surface area contributed by atoms with Crippen LogP contribution in [0.5, 0.6) is 0 Å². The third-order valence-corrected chi connectivity index (χ3v) is 5.20. The molecule has 0 N–H and O–H groups in total. The van der Waals surface area contributed by atoms with Crippen molar-refractivity contribution in [1.29, 1.82) is 0 Å². The van der Waals surface area contributed by atoms with E-state index >= 15 is 0 Å². The van der Waals surface area contributed by atoms with Crippen LogP contribution >= 0.6 is 0 Å². The van der Waals surface area contributed by atoms with Crippen LogP contribution in [-0.4, -0.2) is 18.4 Å². The highest BCUT2D eigenvalue weighted by Gasteiger charge is 2.03. The molecule has 0 bridgehead atoms. The van der Waals surface area contributed by atoms with Crippen LogP contribution in [0.4, 0.5) is 0 Å². The number of rotatable bonds is 21. The molecule has 0 radical (unpaired) electrons. The predicted molar refractivity (Wildman–Crippen MR) is 115 cm³/mol. The van der Waals surface area contributed by atoms with Gasteiger partial charge in [-0.15, -0.1) is 0 Å². The first-order chi connectivity index (χ1) is 13.2. The van der Waals surface area contributed by atoms with Crippen LogP contribution in [0, 0.1) is 0 Å². The van der Waals surface area contributed by atoms with Crippen LogP contribution in [0.15, 0.2) is 0 Å². The van der Waals surface area contributed by atoms with Gasteiger partial charge in [0.05, 0.1) is 6.61 Å². The molecule has 0 unspecified atom stereocenters. The van der Waals surface area contributed by atoms with Gasteiger partial charge in [0.2, 0.25) is 0 Å². The smallest absolute Gasteiger partial charge is 0.305 e. The van der Waals surface area contributed by atoms with E-state index in [1.807, 2.05) is 6.92 Å². The number of hydrogen-bond donors (Lipinski definition) is 0. The average Bonchev–Trinajstić information content (AvgIpc) is 2.65. The quantitative estimate of drug-likeness (QED) is 0.152. The average molecular weight is 383 g/mol. The van der Waals surface area contributed by atoms with E-state index in [0.29, 0.717) is 18.8 Å². The molecule has 0 aromatic rings. The summed E-state index contributed by atoms with van der Waals surface area (Å²) in [5, 5.41) is 0. The first kappa shape index (κ1) is 26.1. The van der Waals surface area contributed by atoms with Crippen LogP contribution in [0.2, 0.25) is 0 Å². The van der Waals surface area contributed by atoms with Crippen LogP contribution in [0.1, 0.15) is 136 Å². The molecule has 0 spiro atoms. The molecule has 27 heavy (non-hydrogen) atoms. The summed E-state index contributed by atoms with van der Waals surface area (Å²) in [5.74, 6) is 0.381. The highest BCUT2D eigenvalue weighted by Crippen LogP contribution is 2.13. The van der Waals surface area contributed by atoms with Gasteiger partial charge in [0.25, 0.3) is 0 Å². The number of carbonyl (C=O) groups excluding carboxylic acids is 2. The Labute approximate surface area is 169 Å². The predicted octanol–water partition coefficient (Wildman–Crippen LogP) is 7.55. The Morgan fingerprint density at radius 2 is 0.889 bits per heavy atom. The standard InChI is InChI=1S/C24H46O3/c1-3-5-6-7-8-9-10-11-14-17-20-23(25)21-18-15-12-13-16-19-22-24(26)27-4-2/h3-22H2,1-2H3. The molecule has 0 amide bonds.